The molecule has 0 saturated heterocycles. The van der Waals surface area contributed by atoms with E-state index in [0.29, 0.717) is 0 Å². The molecule has 120 valence electrons. The number of nitrogens with zero attached hydrogens (tertiary/aromatic N) is 5. The third-order valence-corrected chi connectivity index (χ3v) is 4.67. The minimum absolute atomic E-state index is 0.730. The second-order valence-electron chi connectivity index (χ2n) is 5.37. The number of hydrogen-bond donors (Lipinski definition) is 1. The van der Waals surface area contributed by atoms with Crippen molar-refractivity contribution in [3.05, 3.63) is 45.7 Å². The van der Waals surface area contributed by atoms with Crippen LogP contribution in [-0.4, -0.2) is 31.5 Å². The van der Waals surface area contributed by atoms with Gasteiger partial charge in [0.25, 0.3) is 0 Å². The van der Waals surface area contributed by atoms with Crippen molar-refractivity contribution in [2.45, 2.75) is 33.6 Å². The monoisotopic (exact) mass is 328 g/mol. The van der Waals surface area contributed by atoms with Crippen LogP contribution in [0.25, 0.3) is 5.82 Å². The Morgan fingerprint density at radius 1 is 1.22 bits per heavy atom. The fourth-order valence-corrected chi connectivity index (χ4v) is 3.18. The second-order valence-corrected chi connectivity index (χ2v) is 6.57. The van der Waals surface area contributed by atoms with Gasteiger partial charge in [0.1, 0.15) is 5.82 Å². The fourth-order valence-electron chi connectivity index (χ4n) is 2.32. The zero-order chi connectivity index (χ0) is 16.2. The molecule has 0 atom stereocenters. The van der Waals surface area contributed by atoms with E-state index in [1.807, 2.05) is 38.2 Å². The normalized spacial score (nSPS) is 10.9. The molecule has 0 fully saturated rings. The third kappa shape index (κ3) is 3.73. The topological polar surface area (TPSA) is 68.5 Å². The predicted molar refractivity (Wildman–Crippen MR) is 92.3 cm³/mol. The van der Waals surface area contributed by atoms with E-state index in [1.54, 1.807) is 16.0 Å². The van der Waals surface area contributed by atoms with Crippen LogP contribution in [0.5, 0.6) is 0 Å². The largest absolute Gasteiger partial charge is 0.368 e. The SMILES string of the molecule is CCc1cnc(CCNc2ccc(-n3nc(C)cc3C)nn2)s1. The molecule has 23 heavy (non-hydrogen) atoms. The molecule has 0 radical (unpaired) electrons. The van der Waals surface area contributed by atoms with Crippen LogP contribution in [-0.2, 0) is 12.8 Å². The smallest absolute Gasteiger partial charge is 0.176 e. The predicted octanol–water partition coefficient (Wildman–Crippen LogP) is 2.95. The Bertz CT molecular complexity index is 774. The van der Waals surface area contributed by atoms with Crippen LogP contribution in [0, 0.1) is 13.8 Å². The van der Waals surface area contributed by atoms with Gasteiger partial charge in [0.05, 0.1) is 10.7 Å². The highest BCUT2D eigenvalue weighted by Crippen LogP contribution is 2.14. The molecule has 0 aliphatic heterocycles. The molecule has 0 amide bonds. The van der Waals surface area contributed by atoms with Crippen molar-refractivity contribution in [1.29, 1.82) is 0 Å². The quantitative estimate of drug-likeness (QED) is 0.753. The summed E-state index contributed by atoms with van der Waals surface area (Å²) in [5, 5.41) is 17.3. The van der Waals surface area contributed by atoms with Gasteiger partial charge in [-0.1, -0.05) is 6.92 Å². The lowest BCUT2D eigenvalue weighted by molar-refractivity contribution is 0.781. The number of anilines is 1. The average molecular weight is 328 g/mol. The van der Waals surface area contributed by atoms with Crippen molar-refractivity contribution in [3.8, 4) is 5.82 Å². The number of rotatable bonds is 6. The summed E-state index contributed by atoms with van der Waals surface area (Å²) >= 11 is 1.77. The van der Waals surface area contributed by atoms with Gasteiger partial charge in [0.2, 0.25) is 0 Å². The molecule has 0 saturated carbocycles. The van der Waals surface area contributed by atoms with E-state index >= 15 is 0 Å². The molecule has 3 aromatic heterocycles. The number of aryl methyl sites for hydroxylation is 3. The summed E-state index contributed by atoms with van der Waals surface area (Å²) in [6.07, 6.45) is 3.90. The Labute approximate surface area is 139 Å². The highest BCUT2D eigenvalue weighted by Gasteiger charge is 2.06. The fraction of sp³-hybridized carbons (Fsp3) is 0.375. The maximum absolute atomic E-state index is 4.41. The molecule has 0 aliphatic rings. The lowest BCUT2D eigenvalue weighted by atomic mass is 10.4. The molecule has 7 heteroatoms. The molecule has 0 bridgehead atoms. The average Bonchev–Trinajstić information content (AvgIpc) is 3.14. The standard InChI is InChI=1S/C16H20N6S/c1-4-13-10-18-16(23-13)7-8-17-14-5-6-15(20-19-14)22-12(3)9-11(2)21-22/h5-6,9-10H,4,7-8H2,1-3H3,(H,17,19). The Balaban J connectivity index is 1.58. The van der Waals surface area contributed by atoms with E-state index in [0.717, 1.165) is 47.4 Å². The van der Waals surface area contributed by atoms with E-state index in [-0.39, 0.29) is 0 Å². The zero-order valence-corrected chi connectivity index (χ0v) is 14.4. The van der Waals surface area contributed by atoms with Crippen LogP contribution in [0.2, 0.25) is 0 Å². The highest BCUT2D eigenvalue weighted by molar-refractivity contribution is 7.11. The Hall–Kier alpha value is -2.28. The first-order valence-corrected chi connectivity index (χ1v) is 8.52. The summed E-state index contributed by atoms with van der Waals surface area (Å²) < 4.78 is 1.80. The second kappa shape index (κ2) is 6.87. The Kier molecular flexibility index (Phi) is 4.66. The molecular weight excluding hydrogens is 308 g/mol. The van der Waals surface area contributed by atoms with Gasteiger partial charge in [-0.3, -0.25) is 0 Å². The Morgan fingerprint density at radius 2 is 2.09 bits per heavy atom. The first-order valence-electron chi connectivity index (χ1n) is 7.70. The Morgan fingerprint density at radius 3 is 2.70 bits per heavy atom. The molecule has 3 heterocycles. The highest BCUT2D eigenvalue weighted by atomic mass is 32.1. The zero-order valence-electron chi connectivity index (χ0n) is 13.6. The molecule has 1 N–H and O–H groups in total. The molecule has 3 rings (SSSR count). The minimum atomic E-state index is 0.730. The third-order valence-electron chi connectivity index (χ3n) is 3.47. The van der Waals surface area contributed by atoms with E-state index in [2.05, 4.69) is 32.5 Å². The van der Waals surface area contributed by atoms with E-state index in [9.17, 15) is 0 Å². The number of nitrogens with one attached hydrogen (secondary N) is 1. The molecule has 0 aromatic carbocycles. The summed E-state index contributed by atoms with van der Waals surface area (Å²) in [7, 11) is 0. The van der Waals surface area contributed by atoms with Crippen molar-refractivity contribution >= 4 is 17.2 Å². The van der Waals surface area contributed by atoms with Gasteiger partial charge in [-0.05, 0) is 38.5 Å². The van der Waals surface area contributed by atoms with Crippen LogP contribution >= 0.6 is 11.3 Å². The van der Waals surface area contributed by atoms with Crippen LogP contribution in [0.1, 0.15) is 28.2 Å². The number of thiazole rings is 1. The van der Waals surface area contributed by atoms with Crippen molar-refractivity contribution in [2.75, 3.05) is 11.9 Å². The molecular formula is C16H20N6S. The van der Waals surface area contributed by atoms with Crippen molar-refractivity contribution in [3.63, 3.8) is 0 Å². The van der Waals surface area contributed by atoms with Gasteiger partial charge in [-0.2, -0.15) is 5.10 Å². The van der Waals surface area contributed by atoms with E-state index < -0.39 is 0 Å². The summed E-state index contributed by atoms with van der Waals surface area (Å²) in [4.78, 5) is 5.74. The van der Waals surface area contributed by atoms with Gasteiger partial charge >= 0.3 is 0 Å². The van der Waals surface area contributed by atoms with Gasteiger partial charge in [-0.15, -0.1) is 21.5 Å². The molecule has 0 aliphatic carbocycles. The van der Waals surface area contributed by atoms with Crippen molar-refractivity contribution in [2.24, 2.45) is 0 Å². The maximum atomic E-state index is 4.41. The molecule has 3 aromatic rings. The molecule has 6 nitrogen and oxygen atoms in total. The lowest BCUT2D eigenvalue weighted by Gasteiger charge is -2.05. The van der Waals surface area contributed by atoms with Gasteiger partial charge in [-0.25, -0.2) is 9.67 Å². The van der Waals surface area contributed by atoms with Crippen LogP contribution in [0.3, 0.4) is 0 Å². The van der Waals surface area contributed by atoms with Crippen LogP contribution < -0.4 is 5.32 Å². The number of aromatic nitrogens is 5. The summed E-state index contributed by atoms with van der Waals surface area (Å²) in [5.41, 5.74) is 2.02. The van der Waals surface area contributed by atoms with Gasteiger partial charge < -0.3 is 5.32 Å². The van der Waals surface area contributed by atoms with Gasteiger partial charge in [0, 0.05) is 29.7 Å². The lowest BCUT2D eigenvalue weighted by Crippen LogP contribution is -2.09. The van der Waals surface area contributed by atoms with Crippen molar-refractivity contribution in [1.82, 2.24) is 25.0 Å². The molecule has 0 spiro atoms. The summed E-state index contributed by atoms with van der Waals surface area (Å²) in [6, 6.07) is 5.87. The van der Waals surface area contributed by atoms with Crippen LogP contribution in [0.4, 0.5) is 5.82 Å². The first-order chi connectivity index (χ1) is 11.2. The van der Waals surface area contributed by atoms with Crippen molar-refractivity contribution < 1.29 is 0 Å². The van der Waals surface area contributed by atoms with E-state index in [1.165, 1.54) is 4.88 Å². The maximum Gasteiger partial charge on any atom is 0.176 e. The summed E-state index contributed by atoms with van der Waals surface area (Å²) in [5.74, 6) is 1.50. The van der Waals surface area contributed by atoms with E-state index in [4.69, 9.17) is 0 Å². The number of hydrogen-bond acceptors (Lipinski definition) is 6. The van der Waals surface area contributed by atoms with Crippen LogP contribution in [0.15, 0.2) is 24.4 Å². The first kappa shape index (κ1) is 15.6. The van der Waals surface area contributed by atoms with Gasteiger partial charge in [0.15, 0.2) is 5.82 Å². The summed E-state index contributed by atoms with van der Waals surface area (Å²) in [6.45, 7) is 6.92. The minimum Gasteiger partial charge on any atom is -0.368 e. The molecule has 0 unspecified atom stereocenters.